The lowest BCUT2D eigenvalue weighted by atomic mass is 10.1. The molecule has 3 rings (SSSR count). The first kappa shape index (κ1) is 13.3. The van der Waals surface area contributed by atoms with Crippen molar-refractivity contribution in [2.45, 2.75) is 31.4 Å². The van der Waals surface area contributed by atoms with Gasteiger partial charge in [0.15, 0.2) is 0 Å². The summed E-state index contributed by atoms with van der Waals surface area (Å²) in [6.45, 7) is 1.58. The van der Waals surface area contributed by atoms with Gasteiger partial charge in [-0.05, 0) is 30.9 Å². The van der Waals surface area contributed by atoms with Crippen molar-refractivity contribution in [3.63, 3.8) is 0 Å². The molecule has 1 aromatic rings. The van der Waals surface area contributed by atoms with E-state index in [0.29, 0.717) is 11.4 Å². The maximum absolute atomic E-state index is 11.6. The van der Waals surface area contributed by atoms with Crippen molar-refractivity contribution in [2.75, 3.05) is 25.5 Å². The van der Waals surface area contributed by atoms with Crippen molar-refractivity contribution >= 4 is 11.7 Å². The van der Waals surface area contributed by atoms with Gasteiger partial charge in [-0.15, -0.1) is 0 Å². The summed E-state index contributed by atoms with van der Waals surface area (Å²) in [5.41, 5.74) is 8.19. The molecule has 1 saturated heterocycles. The van der Waals surface area contributed by atoms with E-state index < -0.39 is 5.91 Å². The molecule has 6 nitrogen and oxygen atoms in total. The Morgan fingerprint density at radius 2 is 2.35 bits per heavy atom. The fraction of sp³-hybridized carbons (Fsp3) is 0.571. The zero-order valence-corrected chi connectivity index (χ0v) is 11.6. The molecule has 1 fully saturated rings. The van der Waals surface area contributed by atoms with Crippen LogP contribution in [-0.2, 0) is 17.6 Å². The number of hydrogen-bond acceptors (Lipinski definition) is 5. The minimum absolute atomic E-state index is 0.0748. The van der Waals surface area contributed by atoms with Crippen LogP contribution in [0.4, 0.5) is 5.82 Å². The predicted molar refractivity (Wildman–Crippen MR) is 75.9 cm³/mol. The summed E-state index contributed by atoms with van der Waals surface area (Å²) in [5.74, 6) is 0.156. The van der Waals surface area contributed by atoms with Gasteiger partial charge >= 0.3 is 0 Å². The minimum Gasteiger partial charge on any atom is -0.378 e. The average molecular weight is 276 g/mol. The molecule has 0 bridgehead atoms. The number of hydrogen-bond donors (Lipinski definition) is 3. The van der Waals surface area contributed by atoms with Gasteiger partial charge in [-0.25, -0.2) is 4.98 Å². The number of carbonyl (C=O) groups excluding carboxylic acids is 1. The van der Waals surface area contributed by atoms with Crippen LogP contribution in [0.3, 0.4) is 0 Å². The summed E-state index contributed by atoms with van der Waals surface area (Å²) >= 11 is 0. The van der Waals surface area contributed by atoms with Gasteiger partial charge in [-0.1, -0.05) is 0 Å². The third-order valence-corrected chi connectivity index (χ3v) is 4.10. The van der Waals surface area contributed by atoms with E-state index in [1.165, 1.54) is 0 Å². The first-order valence-electron chi connectivity index (χ1n) is 7.01. The smallest absolute Gasteiger partial charge is 0.252 e. The first-order chi connectivity index (χ1) is 9.69. The molecule has 108 valence electrons. The van der Waals surface area contributed by atoms with Gasteiger partial charge in [-0.3, -0.25) is 4.79 Å². The summed E-state index contributed by atoms with van der Waals surface area (Å²) in [4.78, 5) is 16.3. The summed E-state index contributed by atoms with van der Waals surface area (Å²) in [6, 6.07) is 1.99. The molecule has 1 aromatic heterocycles. The lowest BCUT2D eigenvalue weighted by molar-refractivity contribution is 0.0999. The zero-order chi connectivity index (χ0) is 14.1. The van der Waals surface area contributed by atoms with Crippen molar-refractivity contribution in [1.82, 2.24) is 10.3 Å². The van der Waals surface area contributed by atoms with E-state index in [0.717, 1.165) is 43.6 Å². The number of nitrogens with two attached hydrogens (primary N) is 1. The molecule has 0 aromatic carbocycles. The number of nitrogens with zero attached hydrogens (tertiary/aromatic N) is 1. The van der Waals surface area contributed by atoms with Gasteiger partial charge in [0.05, 0.1) is 17.7 Å². The molecule has 0 radical (unpaired) electrons. The minimum atomic E-state index is -0.436. The van der Waals surface area contributed by atoms with Crippen molar-refractivity contribution < 1.29 is 9.53 Å². The lowest BCUT2D eigenvalue weighted by Gasteiger charge is -2.21. The van der Waals surface area contributed by atoms with Crippen LogP contribution in [0.2, 0.25) is 0 Å². The Hall–Kier alpha value is -1.66. The number of carbonyl (C=O) groups is 1. The molecule has 2 heterocycles. The number of ether oxygens (including phenoxy) is 1. The van der Waals surface area contributed by atoms with E-state index in [4.69, 9.17) is 10.5 Å². The number of fused-ring (bicyclic) bond motifs is 1. The average Bonchev–Trinajstić information content (AvgIpc) is 3.05. The van der Waals surface area contributed by atoms with E-state index in [9.17, 15) is 4.79 Å². The second kappa shape index (κ2) is 5.38. The Morgan fingerprint density at radius 1 is 1.50 bits per heavy atom. The third kappa shape index (κ3) is 2.36. The quantitative estimate of drug-likeness (QED) is 0.724. The van der Waals surface area contributed by atoms with Gasteiger partial charge in [0.2, 0.25) is 0 Å². The highest BCUT2D eigenvalue weighted by molar-refractivity contribution is 5.98. The number of nitrogens with one attached hydrogen (secondary N) is 2. The molecule has 6 heteroatoms. The summed E-state index contributed by atoms with van der Waals surface area (Å²) in [7, 11) is 1.69. The Kier molecular flexibility index (Phi) is 3.58. The van der Waals surface area contributed by atoms with Crippen molar-refractivity contribution in [2.24, 2.45) is 5.73 Å². The van der Waals surface area contributed by atoms with Crippen molar-refractivity contribution in [3.8, 4) is 0 Å². The zero-order valence-electron chi connectivity index (χ0n) is 11.6. The van der Waals surface area contributed by atoms with Crippen LogP contribution >= 0.6 is 0 Å². The van der Waals surface area contributed by atoms with Crippen molar-refractivity contribution in [1.29, 1.82) is 0 Å². The summed E-state index contributed by atoms with van der Waals surface area (Å²) in [6.07, 6.45) is 3.12. The van der Waals surface area contributed by atoms with Crippen LogP contribution < -0.4 is 16.4 Å². The number of methoxy groups -OCH3 is 1. The van der Waals surface area contributed by atoms with Crippen LogP contribution in [-0.4, -0.2) is 43.2 Å². The van der Waals surface area contributed by atoms with Gasteiger partial charge in [0.25, 0.3) is 5.91 Å². The van der Waals surface area contributed by atoms with E-state index in [1.54, 1.807) is 7.11 Å². The molecule has 0 spiro atoms. The third-order valence-electron chi connectivity index (χ3n) is 4.10. The van der Waals surface area contributed by atoms with Crippen LogP contribution in [0, 0.1) is 0 Å². The number of anilines is 1. The molecular formula is C14H20N4O2. The maximum atomic E-state index is 11.6. The fourth-order valence-electron chi connectivity index (χ4n) is 2.99. The molecule has 1 aliphatic carbocycles. The van der Waals surface area contributed by atoms with Crippen LogP contribution in [0.5, 0.6) is 0 Å². The van der Waals surface area contributed by atoms with Crippen LogP contribution in [0.25, 0.3) is 0 Å². The molecule has 0 saturated carbocycles. The largest absolute Gasteiger partial charge is 0.378 e. The maximum Gasteiger partial charge on any atom is 0.252 e. The number of aromatic nitrogens is 1. The monoisotopic (exact) mass is 276 g/mol. The highest BCUT2D eigenvalue weighted by atomic mass is 16.5. The number of aryl methyl sites for hydroxylation is 2. The van der Waals surface area contributed by atoms with E-state index in [2.05, 4.69) is 15.6 Å². The molecule has 1 unspecified atom stereocenters. The first-order valence-corrected chi connectivity index (χ1v) is 7.01. The normalized spacial score (nSPS) is 24.6. The Bertz CT molecular complexity index is 532. The van der Waals surface area contributed by atoms with Gasteiger partial charge < -0.3 is 21.1 Å². The van der Waals surface area contributed by atoms with E-state index >= 15 is 0 Å². The van der Waals surface area contributed by atoms with E-state index in [-0.39, 0.29) is 12.1 Å². The number of pyridine rings is 1. The lowest BCUT2D eigenvalue weighted by Crippen LogP contribution is -2.35. The molecule has 1 amide bonds. The second-order valence-corrected chi connectivity index (χ2v) is 5.39. The molecule has 20 heavy (non-hydrogen) atoms. The molecule has 2 atom stereocenters. The van der Waals surface area contributed by atoms with Gasteiger partial charge in [0.1, 0.15) is 5.82 Å². The van der Waals surface area contributed by atoms with Gasteiger partial charge in [-0.2, -0.15) is 0 Å². The standard InChI is InChI=1S/C14H20N4O2/c1-20-12-7-16-6-11(12)18-14-9(13(15)19)5-8-3-2-4-10(8)17-14/h5,11-12,16H,2-4,6-7H2,1H3,(H2,15,19)(H,17,18)/t11?,12-/m0/s1. The molecular weight excluding hydrogens is 256 g/mol. The van der Waals surface area contributed by atoms with E-state index in [1.807, 2.05) is 6.07 Å². The van der Waals surface area contributed by atoms with Gasteiger partial charge in [0, 0.05) is 25.9 Å². The molecule has 1 aliphatic heterocycles. The SMILES string of the molecule is CO[C@H]1CNCC1Nc1nc2c(cc1C(N)=O)CCC2. The number of rotatable bonds is 4. The Morgan fingerprint density at radius 3 is 3.10 bits per heavy atom. The van der Waals surface area contributed by atoms with Crippen molar-refractivity contribution in [3.05, 3.63) is 22.9 Å². The Balaban J connectivity index is 1.90. The predicted octanol–water partition coefficient (Wildman–Crippen LogP) is 0.0679. The number of amides is 1. The highest BCUT2D eigenvalue weighted by Crippen LogP contribution is 2.26. The molecule has 2 aliphatic rings. The molecule has 4 N–H and O–H groups in total. The van der Waals surface area contributed by atoms with Crippen LogP contribution in [0.1, 0.15) is 28.0 Å². The second-order valence-electron chi connectivity index (χ2n) is 5.39. The Labute approximate surface area is 118 Å². The fourth-order valence-corrected chi connectivity index (χ4v) is 2.99. The highest BCUT2D eigenvalue weighted by Gasteiger charge is 2.29. The van der Waals surface area contributed by atoms with Crippen LogP contribution in [0.15, 0.2) is 6.07 Å². The number of primary amides is 1. The summed E-state index contributed by atoms with van der Waals surface area (Å²) in [5, 5.41) is 6.59. The topological polar surface area (TPSA) is 89.3 Å². The summed E-state index contributed by atoms with van der Waals surface area (Å²) < 4.78 is 5.42.